The fraction of sp³-hybridized carbons (Fsp3) is 0.200. The lowest BCUT2D eigenvalue weighted by molar-refractivity contribution is 0.381. The van der Waals surface area contributed by atoms with Gasteiger partial charge in [-0.15, -0.1) is 0 Å². The van der Waals surface area contributed by atoms with Crippen LogP contribution in [-0.2, 0) is 6.42 Å². The summed E-state index contributed by atoms with van der Waals surface area (Å²) in [6.07, 6.45) is 0.607. The molecule has 1 heterocycles. The highest BCUT2D eigenvalue weighted by molar-refractivity contribution is 9.10. The zero-order chi connectivity index (χ0) is 10.7. The van der Waals surface area contributed by atoms with Gasteiger partial charge in [0.05, 0.1) is 13.5 Å². The average molecular weight is 269 g/mol. The summed E-state index contributed by atoms with van der Waals surface area (Å²) in [7, 11) is 1.64. The second-order valence-electron chi connectivity index (χ2n) is 2.99. The van der Waals surface area contributed by atoms with Gasteiger partial charge in [0.15, 0.2) is 0 Å². The lowest BCUT2D eigenvalue weighted by Gasteiger charge is -2.01. The number of halogens is 1. The molecular weight excluding hydrogens is 260 g/mol. The van der Waals surface area contributed by atoms with Crippen LogP contribution < -0.4 is 4.74 Å². The number of nitrogens with zero attached hydrogens (tertiary/aromatic N) is 2. The predicted octanol–water partition coefficient (Wildman–Crippen LogP) is 2.43. The summed E-state index contributed by atoms with van der Waals surface area (Å²) in [4.78, 5) is 4.06. The van der Waals surface area contributed by atoms with Crippen LogP contribution in [0.5, 0.6) is 5.75 Å². The van der Waals surface area contributed by atoms with Crippen molar-refractivity contribution in [2.45, 2.75) is 6.42 Å². The van der Waals surface area contributed by atoms with E-state index in [1.807, 2.05) is 24.3 Å². The van der Waals surface area contributed by atoms with Crippen LogP contribution in [0.1, 0.15) is 11.5 Å². The molecule has 1 aromatic carbocycles. The Morgan fingerprint density at radius 2 is 2.33 bits per heavy atom. The molecule has 0 atom stereocenters. The highest BCUT2D eigenvalue weighted by Crippen LogP contribution is 2.15. The number of hydrogen-bond donors (Lipinski definition) is 0. The molecule has 5 heteroatoms. The molecular formula is C10H9BrN2O2. The van der Waals surface area contributed by atoms with Crippen LogP contribution in [0.4, 0.5) is 0 Å². The minimum Gasteiger partial charge on any atom is -0.497 e. The van der Waals surface area contributed by atoms with E-state index in [2.05, 4.69) is 26.1 Å². The second kappa shape index (κ2) is 4.44. The van der Waals surface area contributed by atoms with Crippen LogP contribution in [-0.4, -0.2) is 17.3 Å². The third-order valence-corrected chi connectivity index (χ3v) is 2.25. The van der Waals surface area contributed by atoms with Crippen LogP contribution in [0.3, 0.4) is 0 Å². The van der Waals surface area contributed by atoms with Gasteiger partial charge in [-0.25, -0.2) is 0 Å². The molecule has 1 aromatic heterocycles. The smallest absolute Gasteiger partial charge is 0.238 e. The molecule has 0 fully saturated rings. The van der Waals surface area contributed by atoms with Crippen molar-refractivity contribution in [1.82, 2.24) is 10.1 Å². The van der Waals surface area contributed by atoms with Crippen molar-refractivity contribution in [2.75, 3.05) is 7.11 Å². The molecule has 0 aliphatic heterocycles. The van der Waals surface area contributed by atoms with Crippen molar-refractivity contribution in [3.05, 3.63) is 40.5 Å². The quantitative estimate of drug-likeness (QED) is 0.858. The molecule has 0 aliphatic rings. The minimum absolute atomic E-state index is 0.473. The van der Waals surface area contributed by atoms with Crippen LogP contribution in [0.25, 0.3) is 0 Å². The van der Waals surface area contributed by atoms with Crippen molar-refractivity contribution in [3.63, 3.8) is 0 Å². The zero-order valence-electron chi connectivity index (χ0n) is 8.11. The van der Waals surface area contributed by atoms with E-state index in [0.29, 0.717) is 17.0 Å². The summed E-state index contributed by atoms with van der Waals surface area (Å²) in [5.74, 6) is 1.40. The Morgan fingerprint density at radius 3 is 3.00 bits per heavy atom. The van der Waals surface area contributed by atoms with Gasteiger partial charge >= 0.3 is 0 Å². The van der Waals surface area contributed by atoms with Gasteiger partial charge < -0.3 is 9.26 Å². The highest BCUT2D eigenvalue weighted by atomic mass is 79.9. The Morgan fingerprint density at radius 1 is 1.47 bits per heavy atom. The first-order valence-electron chi connectivity index (χ1n) is 4.39. The summed E-state index contributed by atoms with van der Waals surface area (Å²) < 4.78 is 10.6. The zero-order valence-corrected chi connectivity index (χ0v) is 9.69. The standard InChI is InChI=1S/C10H9BrN2O2/c1-14-8-4-2-3-7(5-8)6-9-12-10(11)13-15-9/h2-5H,6H2,1H3. The van der Waals surface area contributed by atoms with Crippen molar-refractivity contribution in [1.29, 1.82) is 0 Å². The average Bonchev–Trinajstić information content (AvgIpc) is 2.64. The number of hydrogen-bond acceptors (Lipinski definition) is 4. The van der Waals surface area contributed by atoms with Gasteiger partial charge in [0, 0.05) is 0 Å². The Kier molecular flexibility index (Phi) is 3.01. The molecule has 2 rings (SSSR count). The van der Waals surface area contributed by atoms with Gasteiger partial charge in [-0.05, 0) is 38.8 Å². The van der Waals surface area contributed by atoms with Crippen LogP contribution in [0.2, 0.25) is 0 Å². The third-order valence-electron chi connectivity index (χ3n) is 1.93. The van der Waals surface area contributed by atoms with Gasteiger partial charge in [0.25, 0.3) is 0 Å². The van der Waals surface area contributed by atoms with Gasteiger partial charge in [-0.3, -0.25) is 0 Å². The molecule has 0 saturated heterocycles. The third kappa shape index (κ3) is 2.56. The summed E-state index contributed by atoms with van der Waals surface area (Å²) >= 11 is 3.13. The monoisotopic (exact) mass is 268 g/mol. The SMILES string of the molecule is COc1cccc(Cc2nc(Br)no2)c1. The molecule has 0 spiro atoms. The van der Waals surface area contributed by atoms with Crippen molar-refractivity contribution in [2.24, 2.45) is 0 Å². The van der Waals surface area contributed by atoms with E-state index in [1.165, 1.54) is 0 Å². The molecule has 0 aliphatic carbocycles. The lowest BCUT2D eigenvalue weighted by Crippen LogP contribution is -1.89. The van der Waals surface area contributed by atoms with E-state index in [9.17, 15) is 0 Å². The number of rotatable bonds is 3. The van der Waals surface area contributed by atoms with E-state index in [1.54, 1.807) is 7.11 Å². The molecule has 0 amide bonds. The first kappa shape index (κ1) is 10.2. The minimum atomic E-state index is 0.473. The fourth-order valence-electron chi connectivity index (χ4n) is 1.26. The first-order chi connectivity index (χ1) is 7.28. The molecule has 4 nitrogen and oxygen atoms in total. The molecule has 0 unspecified atom stereocenters. The summed E-state index contributed by atoms with van der Waals surface area (Å²) in [5.41, 5.74) is 1.07. The van der Waals surface area contributed by atoms with Crippen molar-refractivity contribution >= 4 is 15.9 Å². The Balaban J connectivity index is 2.16. The van der Waals surface area contributed by atoms with Gasteiger partial charge in [0.2, 0.25) is 10.6 Å². The Bertz CT molecular complexity index is 456. The van der Waals surface area contributed by atoms with Crippen molar-refractivity contribution < 1.29 is 9.26 Å². The van der Waals surface area contributed by atoms with Crippen LogP contribution in [0.15, 0.2) is 33.5 Å². The number of methoxy groups -OCH3 is 1. The fourth-order valence-corrected chi connectivity index (χ4v) is 1.53. The summed E-state index contributed by atoms with van der Waals surface area (Å²) in [5, 5.41) is 3.65. The van der Waals surface area contributed by atoms with Crippen LogP contribution in [0, 0.1) is 0 Å². The predicted molar refractivity (Wildman–Crippen MR) is 57.8 cm³/mol. The van der Waals surface area contributed by atoms with Gasteiger partial charge in [0.1, 0.15) is 5.75 Å². The highest BCUT2D eigenvalue weighted by Gasteiger charge is 2.05. The Hall–Kier alpha value is -1.36. The molecule has 0 N–H and O–H groups in total. The number of ether oxygens (including phenoxy) is 1. The van der Waals surface area contributed by atoms with E-state index in [0.717, 1.165) is 11.3 Å². The molecule has 0 radical (unpaired) electrons. The number of aromatic nitrogens is 2. The molecule has 78 valence electrons. The Labute approximate surface area is 95.4 Å². The maximum atomic E-state index is 5.12. The van der Waals surface area contributed by atoms with Crippen molar-refractivity contribution in [3.8, 4) is 5.75 Å². The maximum Gasteiger partial charge on any atom is 0.238 e. The van der Waals surface area contributed by atoms with Crippen LogP contribution >= 0.6 is 15.9 Å². The largest absolute Gasteiger partial charge is 0.497 e. The second-order valence-corrected chi connectivity index (χ2v) is 3.69. The maximum absolute atomic E-state index is 5.12. The summed E-state index contributed by atoms with van der Waals surface area (Å²) in [6, 6.07) is 7.76. The normalized spacial score (nSPS) is 10.3. The molecule has 0 bridgehead atoms. The molecule has 2 aromatic rings. The first-order valence-corrected chi connectivity index (χ1v) is 5.18. The summed E-state index contributed by atoms with van der Waals surface area (Å²) in [6.45, 7) is 0. The number of benzene rings is 1. The van der Waals surface area contributed by atoms with E-state index >= 15 is 0 Å². The molecule has 0 saturated carbocycles. The topological polar surface area (TPSA) is 48.2 Å². The van der Waals surface area contributed by atoms with E-state index in [4.69, 9.17) is 9.26 Å². The van der Waals surface area contributed by atoms with Gasteiger partial charge in [-0.1, -0.05) is 12.1 Å². The molecule has 15 heavy (non-hydrogen) atoms. The van der Waals surface area contributed by atoms with Gasteiger partial charge in [-0.2, -0.15) is 4.98 Å². The lowest BCUT2D eigenvalue weighted by atomic mass is 10.1. The van der Waals surface area contributed by atoms with E-state index < -0.39 is 0 Å². The van der Waals surface area contributed by atoms with E-state index in [-0.39, 0.29) is 0 Å².